The van der Waals surface area contributed by atoms with Crippen molar-refractivity contribution in [3.8, 4) is 0 Å². The van der Waals surface area contributed by atoms with Gasteiger partial charge in [-0.05, 0) is 0 Å². The van der Waals surface area contributed by atoms with Crippen LogP contribution in [0.4, 0.5) is 0 Å². The summed E-state index contributed by atoms with van der Waals surface area (Å²) in [6, 6.07) is 0. The average molecular weight is 410 g/mol. The zero-order chi connectivity index (χ0) is 15.6. The molecule has 0 bridgehead atoms. The molecule has 0 nitrogen and oxygen atoms in total. The summed E-state index contributed by atoms with van der Waals surface area (Å²) in [4.78, 5) is 0. The topological polar surface area (TPSA) is 0 Å². The van der Waals surface area contributed by atoms with Crippen LogP contribution >= 0.6 is 8.92 Å². The first kappa shape index (κ1) is 21.1. The molecule has 0 aliphatic heterocycles. The Labute approximate surface area is 137 Å². The molecule has 0 atom stereocenters. The molecule has 0 aromatic carbocycles. The SMILES string of the molecule is CCC(CC)[CH2][Sn]([Cl])([CH2]C(CC)CC)[CH2]C(CC)CC. The Morgan fingerprint density at radius 1 is 0.550 bits per heavy atom. The summed E-state index contributed by atoms with van der Waals surface area (Å²) in [5, 5.41) is 0. The van der Waals surface area contributed by atoms with E-state index in [1.807, 2.05) is 0 Å². The Bertz CT molecular complexity index is 181. The van der Waals surface area contributed by atoms with Crippen molar-refractivity contribution in [2.75, 3.05) is 0 Å². The molecule has 122 valence electrons. The van der Waals surface area contributed by atoms with Crippen LogP contribution in [-0.4, -0.2) is 17.3 Å². The Balaban J connectivity index is 4.89. The van der Waals surface area contributed by atoms with Gasteiger partial charge in [0.15, 0.2) is 0 Å². The number of rotatable bonds is 12. The molecule has 2 heteroatoms. The van der Waals surface area contributed by atoms with Gasteiger partial charge in [-0.1, -0.05) is 0 Å². The zero-order valence-electron chi connectivity index (χ0n) is 15.0. The van der Waals surface area contributed by atoms with Crippen molar-refractivity contribution in [1.82, 2.24) is 0 Å². The second-order valence-electron chi connectivity index (χ2n) is 6.81. The molecule has 0 saturated carbocycles. The molecule has 0 saturated heterocycles. The van der Waals surface area contributed by atoms with Gasteiger partial charge in [-0.3, -0.25) is 0 Å². The van der Waals surface area contributed by atoms with Gasteiger partial charge in [-0.2, -0.15) is 0 Å². The van der Waals surface area contributed by atoms with Crippen LogP contribution in [0.3, 0.4) is 0 Å². The monoisotopic (exact) mass is 410 g/mol. The molecule has 0 aliphatic carbocycles. The van der Waals surface area contributed by atoms with Crippen LogP contribution in [0.1, 0.15) is 80.1 Å². The van der Waals surface area contributed by atoms with Crippen molar-refractivity contribution < 1.29 is 0 Å². The van der Waals surface area contributed by atoms with Gasteiger partial charge >= 0.3 is 137 Å². The predicted molar refractivity (Wildman–Crippen MR) is 98.2 cm³/mol. The Morgan fingerprint density at radius 2 is 0.750 bits per heavy atom. The summed E-state index contributed by atoms with van der Waals surface area (Å²) in [6.45, 7) is 14.1. The molecular weight excluding hydrogens is 370 g/mol. The van der Waals surface area contributed by atoms with Crippen molar-refractivity contribution in [2.24, 2.45) is 17.8 Å². The molecule has 0 spiro atoms. The van der Waals surface area contributed by atoms with Crippen molar-refractivity contribution in [2.45, 2.75) is 93.4 Å². The van der Waals surface area contributed by atoms with Gasteiger partial charge in [-0.25, -0.2) is 0 Å². The first-order chi connectivity index (χ1) is 9.48. The van der Waals surface area contributed by atoms with Crippen LogP contribution in [0.2, 0.25) is 13.3 Å². The molecule has 0 aromatic rings. The first-order valence-electron chi connectivity index (χ1n) is 9.17. The summed E-state index contributed by atoms with van der Waals surface area (Å²) < 4.78 is 4.28. The molecular formula is C18H39ClSn. The predicted octanol–water partition coefficient (Wildman–Crippen LogP) is 7.48. The van der Waals surface area contributed by atoms with Gasteiger partial charge in [-0.15, -0.1) is 0 Å². The number of hydrogen-bond donors (Lipinski definition) is 0. The van der Waals surface area contributed by atoms with E-state index < -0.39 is 17.3 Å². The van der Waals surface area contributed by atoms with E-state index in [4.69, 9.17) is 8.92 Å². The van der Waals surface area contributed by atoms with Crippen molar-refractivity contribution in [3.63, 3.8) is 0 Å². The third-order valence-electron chi connectivity index (χ3n) is 5.43. The molecule has 0 heterocycles. The minimum absolute atomic E-state index is 0.895. The van der Waals surface area contributed by atoms with Gasteiger partial charge < -0.3 is 0 Å². The van der Waals surface area contributed by atoms with Crippen LogP contribution in [0.5, 0.6) is 0 Å². The van der Waals surface area contributed by atoms with E-state index >= 15 is 0 Å². The Kier molecular flexibility index (Phi) is 12.3. The molecule has 0 unspecified atom stereocenters. The molecule has 0 aromatic heterocycles. The molecule has 0 radical (unpaired) electrons. The quantitative estimate of drug-likeness (QED) is 0.293. The van der Waals surface area contributed by atoms with Gasteiger partial charge in [0.2, 0.25) is 0 Å². The third-order valence-corrected chi connectivity index (χ3v) is 19.7. The van der Waals surface area contributed by atoms with Gasteiger partial charge in [0, 0.05) is 0 Å². The van der Waals surface area contributed by atoms with Gasteiger partial charge in [0.1, 0.15) is 0 Å². The van der Waals surface area contributed by atoms with Gasteiger partial charge in [0.25, 0.3) is 0 Å². The maximum absolute atomic E-state index is 7.41. The normalized spacial score (nSPS) is 12.9. The summed E-state index contributed by atoms with van der Waals surface area (Å²) in [7, 11) is 7.41. The second-order valence-corrected chi connectivity index (χ2v) is 22.3. The third kappa shape index (κ3) is 7.92. The van der Waals surface area contributed by atoms with Crippen LogP contribution in [0, 0.1) is 17.8 Å². The van der Waals surface area contributed by atoms with E-state index in [-0.39, 0.29) is 0 Å². The fourth-order valence-electron chi connectivity index (χ4n) is 3.53. The van der Waals surface area contributed by atoms with E-state index in [1.165, 1.54) is 51.8 Å². The Morgan fingerprint density at radius 3 is 0.900 bits per heavy atom. The van der Waals surface area contributed by atoms with E-state index in [1.54, 1.807) is 0 Å². The average Bonchev–Trinajstić information content (AvgIpc) is 2.48. The molecule has 0 rings (SSSR count). The van der Waals surface area contributed by atoms with E-state index in [0.29, 0.717) is 0 Å². The van der Waals surface area contributed by atoms with Crippen LogP contribution in [0.15, 0.2) is 0 Å². The van der Waals surface area contributed by atoms with Crippen LogP contribution in [0.25, 0.3) is 0 Å². The molecule has 20 heavy (non-hydrogen) atoms. The second kappa shape index (κ2) is 11.6. The van der Waals surface area contributed by atoms with E-state index in [2.05, 4.69) is 41.5 Å². The van der Waals surface area contributed by atoms with Gasteiger partial charge in [0.05, 0.1) is 0 Å². The standard InChI is InChI=1S/3C6H13.ClH.Sn/c3*1-4-6(3)5-2;;/h3*6H,3-5H2,1-2H3;1H;/q;;;;+1/p-1. The van der Waals surface area contributed by atoms with Crippen molar-refractivity contribution in [3.05, 3.63) is 0 Å². The molecule has 0 N–H and O–H groups in total. The zero-order valence-corrected chi connectivity index (χ0v) is 18.6. The van der Waals surface area contributed by atoms with E-state index in [0.717, 1.165) is 17.8 Å². The summed E-state index contributed by atoms with van der Waals surface area (Å²) in [5.74, 6) is 2.69. The summed E-state index contributed by atoms with van der Waals surface area (Å²) in [5.41, 5.74) is 0. The summed E-state index contributed by atoms with van der Waals surface area (Å²) >= 11 is -2.43. The van der Waals surface area contributed by atoms with Crippen molar-refractivity contribution in [1.29, 1.82) is 0 Å². The minimum atomic E-state index is -2.43. The first-order valence-corrected chi connectivity index (χ1v) is 18.8. The molecule has 0 amide bonds. The van der Waals surface area contributed by atoms with Crippen LogP contribution in [-0.2, 0) is 0 Å². The Hall–Kier alpha value is 1.09. The van der Waals surface area contributed by atoms with Crippen molar-refractivity contribution >= 4 is 26.2 Å². The number of hydrogen-bond acceptors (Lipinski definition) is 0. The molecule has 0 aliphatic rings. The summed E-state index contributed by atoms with van der Waals surface area (Å²) in [6.07, 6.45) is 7.96. The maximum atomic E-state index is 7.41. The van der Waals surface area contributed by atoms with E-state index in [9.17, 15) is 0 Å². The fourth-order valence-corrected chi connectivity index (χ4v) is 23.2. The number of halogens is 1. The molecule has 0 fully saturated rings. The van der Waals surface area contributed by atoms with Crippen LogP contribution < -0.4 is 0 Å². The fraction of sp³-hybridized carbons (Fsp3) is 1.00.